The average Bonchev–Trinajstić information content (AvgIpc) is 2.23. The second kappa shape index (κ2) is 5.21. The van der Waals surface area contributed by atoms with Crippen molar-refractivity contribution in [3.8, 4) is 0 Å². The normalized spacial score (nSPS) is 9.73. The quantitative estimate of drug-likeness (QED) is 0.766. The summed E-state index contributed by atoms with van der Waals surface area (Å²) in [4.78, 5) is 14.7. The lowest BCUT2D eigenvalue weighted by atomic mass is 10.2. The maximum Gasteiger partial charge on any atom is 0.247 e. The third kappa shape index (κ3) is 2.85. The zero-order valence-corrected chi connectivity index (χ0v) is 8.29. The molecule has 1 amide bonds. The molecule has 1 aromatic heterocycles. The smallest absolute Gasteiger partial charge is 0.247 e. The second-order valence-electron chi connectivity index (χ2n) is 2.77. The van der Waals surface area contributed by atoms with E-state index in [1.54, 1.807) is 0 Å². The number of carbonyl (C=O) groups is 1. The Balaban J connectivity index is 2.99. The molecule has 1 aromatic rings. The molecule has 0 aliphatic rings. The van der Waals surface area contributed by atoms with E-state index in [1.807, 2.05) is 0 Å². The SMILES string of the molecule is C=CC(=O)Nc1cncc(F)c1COC. The summed E-state index contributed by atoms with van der Waals surface area (Å²) in [6, 6.07) is 0. The van der Waals surface area contributed by atoms with Crippen LogP contribution in [-0.4, -0.2) is 18.0 Å². The first-order chi connectivity index (χ1) is 7.19. The number of nitrogens with one attached hydrogen (secondary N) is 1. The van der Waals surface area contributed by atoms with Gasteiger partial charge in [-0.05, 0) is 6.08 Å². The minimum Gasteiger partial charge on any atom is -0.380 e. The Hall–Kier alpha value is -1.75. The number of rotatable bonds is 4. The number of methoxy groups -OCH3 is 1. The molecule has 0 fully saturated rings. The number of carbonyl (C=O) groups excluding carboxylic acids is 1. The third-order valence-corrected chi connectivity index (χ3v) is 1.74. The fourth-order valence-electron chi connectivity index (χ4n) is 1.04. The van der Waals surface area contributed by atoms with Crippen LogP contribution in [0.1, 0.15) is 5.56 Å². The number of aromatic nitrogens is 1. The Labute approximate surface area is 86.8 Å². The molecule has 1 N–H and O–H groups in total. The first-order valence-corrected chi connectivity index (χ1v) is 4.23. The van der Waals surface area contributed by atoms with Gasteiger partial charge < -0.3 is 10.1 Å². The monoisotopic (exact) mass is 210 g/mol. The highest BCUT2D eigenvalue weighted by atomic mass is 19.1. The number of amides is 1. The van der Waals surface area contributed by atoms with E-state index in [0.717, 1.165) is 12.3 Å². The Bertz CT molecular complexity index is 380. The number of hydrogen-bond acceptors (Lipinski definition) is 3. The van der Waals surface area contributed by atoms with Crippen molar-refractivity contribution < 1.29 is 13.9 Å². The summed E-state index contributed by atoms with van der Waals surface area (Å²) in [5, 5.41) is 2.45. The van der Waals surface area contributed by atoms with Crippen LogP contribution in [0.5, 0.6) is 0 Å². The van der Waals surface area contributed by atoms with E-state index in [4.69, 9.17) is 4.74 Å². The van der Waals surface area contributed by atoms with Crippen molar-refractivity contribution in [3.63, 3.8) is 0 Å². The molecule has 0 atom stereocenters. The van der Waals surface area contributed by atoms with Gasteiger partial charge in [0.2, 0.25) is 5.91 Å². The number of ether oxygens (including phenoxy) is 1. The lowest BCUT2D eigenvalue weighted by Gasteiger charge is -2.09. The van der Waals surface area contributed by atoms with Crippen LogP contribution in [0.25, 0.3) is 0 Å². The van der Waals surface area contributed by atoms with Crippen LogP contribution >= 0.6 is 0 Å². The standard InChI is InChI=1S/C10H11FN2O2/c1-3-10(14)13-9-5-12-4-8(11)7(9)6-15-2/h3-5H,1,6H2,2H3,(H,13,14). The fourth-order valence-corrected chi connectivity index (χ4v) is 1.04. The van der Waals surface area contributed by atoms with Gasteiger partial charge >= 0.3 is 0 Å². The largest absolute Gasteiger partial charge is 0.380 e. The summed E-state index contributed by atoms with van der Waals surface area (Å²) in [6.07, 6.45) is 3.53. The molecular formula is C10H11FN2O2. The fraction of sp³-hybridized carbons (Fsp3) is 0.200. The summed E-state index contributed by atoms with van der Waals surface area (Å²) in [6.45, 7) is 3.37. The van der Waals surface area contributed by atoms with Crippen molar-refractivity contribution in [1.82, 2.24) is 4.98 Å². The zero-order chi connectivity index (χ0) is 11.3. The van der Waals surface area contributed by atoms with Crippen LogP contribution in [0.15, 0.2) is 25.0 Å². The minimum absolute atomic E-state index is 0.0705. The van der Waals surface area contributed by atoms with Crippen molar-refractivity contribution in [2.24, 2.45) is 0 Å². The molecule has 4 nitrogen and oxygen atoms in total. The molecule has 1 heterocycles. The first kappa shape index (κ1) is 11.3. The average molecular weight is 210 g/mol. The van der Waals surface area contributed by atoms with Crippen LogP contribution in [0, 0.1) is 5.82 Å². The molecule has 0 saturated heterocycles. The lowest BCUT2D eigenvalue weighted by Crippen LogP contribution is -2.11. The molecule has 0 saturated carbocycles. The summed E-state index contributed by atoms with van der Waals surface area (Å²) >= 11 is 0. The Morgan fingerprint density at radius 2 is 2.47 bits per heavy atom. The Kier molecular flexibility index (Phi) is 3.93. The van der Waals surface area contributed by atoms with Gasteiger partial charge in [0.1, 0.15) is 5.82 Å². The minimum atomic E-state index is -0.515. The highest BCUT2D eigenvalue weighted by molar-refractivity contribution is 5.99. The molecule has 0 aliphatic carbocycles. The molecule has 0 bridgehead atoms. The first-order valence-electron chi connectivity index (χ1n) is 4.23. The van der Waals surface area contributed by atoms with Gasteiger partial charge in [-0.15, -0.1) is 0 Å². The van der Waals surface area contributed by atoms with Crippen LogP contribution in [0.4, 0.5) is 10.1 Å². The van der Waals surface area contributed by atoms with Crippen molar-refractivity contribution in [2.75, 3.05) is 12.4 Å². The van der Waals surface area contributed by atoms with Crippen LogP contribution in [0.2, 0.25) is 0 Å². The van der Waals surface area contributed by atoms with Gasteiger partial charge in [0.15, 0.2) is 0 Å². The van der Waals surface area contributed by atoms with E-state index in [9.17, 15) is 9.18 Å². The molecule has 0 radical (unpaired) electrons. The molecule has 0 unspecified atom stereocenters. The summed E-state index contributed by atoms with van der Waals surface area (Å²) in [5.41, 5.74) is 0.560. The molecular weight excluding hydrogens is 199 g/mol. The topological polar surface area (TPSA) is 51.2 Å². The van der Waals surface area contributed by atoms with E-state index in [-0.39, 0.29) is 12.2 Å². The Morgan fingerprint density at radius 1 is 1.73 bits per heavy atom. The maximum atomic E-state index is 13.3. The molecule has 80 valence electrons. The van der Waals surface area contributed by atoms with Crippen LogP contribution in [0.3, 0.4) is 0 Å². The van der Waals surface area contributed by atoms with Gasteiger partial charge in [-0.1, -0.05) is 6.58 Å². The zero-order valence-electron chi connectivity index (χ0n) is 8.29. The third-order valence-electron chi connectivity index (χ3n) is 1.74. The highest BCUT2D eigenvalue weighted by Gasteiger charge is 2.10. The van der Waals surface area contributed by atoms with Crippen molar-refractivity contribution in [1.29, 1.82) is 0 Å². The van der Waals surface area contributed by atoms with Gasteiger partial charge in [0.05, 0.1) is 24.7 Å². The summed E-state index contributed by atoms with van der Waals surface area (Å²) in [5.74, 6) is -0.932. The predicted molar refractivity (Wildman–Crippen MR) is 53.7 cm³/mol. The van der Waals surface area contributed by atoms with Crippen molar-refractivity contribution in [2.45, 2.75) is 6.61 Å². The van der Waals surface area contributed by atoms with E-state index < -0.39 is 11.7 Å². The summed E-state index contributed by atoms with van der Waals surface area (Å²) in [7, 11) is 1.44. The van der Waals surface area contributed by atoms with Gasteiger partial charge in [0.25, 0.3) is 0 Å². The van der Waals surface area contributed by atoms with Gasteiger partial charge in [-0.2, -0.15) is 0 Å². The number of anilines is 1. The van der Waals surface area contributed by atoms with Gasteiger partial charge in [-0.3, -0.25) is 9.78 Å². The molecule has 0 aliphatic heterocycles. The van der Waals surface area contributed by atoms with E-state index in [1.165, 1.54) is 13.3 Å². The van der Waals surface area contributed by atoms with Gasteiger partial charge in [-0.25, -0.2) is 4.39 Å². The maximum absolute atomic E-state index is 13.3. The lowest BCUT2D eigenvalue weighted by molar-refractivity contribution is -0.111. The highest BCUT2D eigenvalue weighted by Crippen LogP contribution is 2.18. The van der Waals surface area contributed by atoms with E-state index in [0.29, 0.717) is 5.69 Å². The van der Waals surface area contributed by atoms with Crippen molar-refractivity contribution in [3.05, 3.63) is 36.4 Å². The predicted octanol–water partition coefficient (Wildman–Crippen LogP) is 1.49. The molecule has 0 spiro atoms. The second-order valence-corrected chi connectivity index (χ2v) is 2.77. The Morgan fingerprint density at radius 3 is 3.07 bits per heavy atom. The molecule has 15 heavy (non-hydrogen) atoms. The van der Waals surface area contributed by atoms with Crippen LogP contribution < -0.4 is 5.32 Å². The molecule has 1 rings (SSSR count). The van der Waals surface area contributed by atoms with E-state index >= 15 is 0 Å². The molecule has 5 heteroatoms. The summed E-state index contributed by atoms with van der Waals surface area (Å²) < 4.78 is 18.1. The number of pyridine rings is 1. The molecule has 0 aromatic carbocycles. The van der Waals surface area contributed by atoms with Gasteiger partial charge in [0, 0.05) is 12.7 Å². The number of hydrogen-bond donors (Lipinski definition) is 1. The van der Waals surface area contributed by atoms with Crippen molar-refractivity contribution >= 4 is 11.6 Å². The number of halogens is 1. The van der Waals surface area contributed by atoms with Crippen LogP contribution in [-0.2, 0) is 16.1 Å². The number of nitrogens with zero attached hydrogens (tertiary/aromatic N) is 1. The van der Waals surface area contributed by atoms with E-state index in [2.05, 4.69) is 16.9 Å².